The molecule has 21 heavy (non-hydrogen) atoms. The zero-order valence-electron chi connectivity index (χ0n) is 12.5. The summed E-state index contributed by atoms with van der Waals surface area (Å²) >= 11 is 0. The highest BCUT2D eigenvalue weighted by Gasteiger charge is 2.29. The molecule has 3 rings (SSSR count). The van der Waals surface area contributed by atoms with Crippen molar-refractivity contribution in [2.75, 3.05) is 51.4 Å². The molecule has 1 aromatic carbocycles. The van der Waals surface area contributed by atoms with E-state index in [9.17, 15) is 0 Å². The molecule has 0 saturated carbocycles. The number of anilines is 1. The first kappa shape index (κ1) is 14.4. The van der Waals surface area contributed by atoms with Crippen LogP contribution < -0.4 is 25.6 Å². The molecule has 0 radical (unpaired) electrons. The van der Waals surface area contributed by atoms with Gasteiger partial charge in [0.25, 0.3) is 0 Å². The molecule has 1 aromatic rings. The number of nitrogens with one attached hydrogen (secondary N) is 1. The lowest BCUT2D eigenvalue weighted by atomic mass is 10.1. The number of hydrogen-bond donors (Lipinski definition) is 2. The van der Waals surface area contributed by atoms with E-state index in [0.717, 1.165) is 49.9 Å². The molecule has 1 saturated heterocycles. The van der Waals surface area contributed by atoms with Crippen molar-refractivity contribution in [1.29, 1.82) is 0 Å². The van der Waals surface area contributed by atoms with Crippen LogP contribution in [0.5, 0.6) is 11.5 Å². The van der Waals surface area contributed by atoms with Crippen molar-refractivity contribution in [2.45, 2.75) is 12.5 Å². The Labute approximate surface area is 125 Å². The Hall–Kier alpha value is -1.50. The SMILES string of the molecule is COc1cccc2c1OCC(CN1CCCNCC1)N2N. The Bertz CT molecular complexity index is 475. The Kier molecular flexibility index (Phi) is 4.48. The first-order chi connectivity index (χ1) is 10.3. The molecule has 0 bridgehead atoms. The van der Waals surface area contributed by atoms with Crippen LogP contribution in [-0.2, 0) is 0 Å². The van der Waals surface area contributed by atoms with Crippen LogP contribution in [0.3, 0.4) is 0 Å². The van der Waals surface area contributed by atoms with E-state index >= 15 is 0 Å². The van der Waals surface area contributed by atoms with E-state index in [1.807, 2.05) is 23.2 Å². The molecule has 6 nitrogen and oxygen atoms in total. The Balaban J connectivity index is 1.71. The summed E-state index contributed by atoms with van der Waals surface area (Å²) in [5.41, 5.74) is 0.901. The number of ether oxygens (including phenoxy) is 2. The third kappa shape index (κ3) is 3.07. The van der Waals surface area contributed by atoms with E-state index in [4.69, 9.17) is 15.3 Å². The number of hydrogen-bond acceptors (Lipinski definition) is 6. The molecule has 0 amide bonds. The van der Waals surface area contributed by atoms with Crippen LogP contribution in [0.2, 0.25) is 0 Å². The number of methoxy groups -OCH3 is 1. The zero-order chi connectivity index (χ0) is 14.7. The normalized spacial score (nSPS) is 23.1. The number of benzene rings is 1. The molecular weight excluding hydrogens is 268 g/mol. The number of hydrazine groups is 1. The summed E-state index contributed by atoms with van der Waals surface area (Å²) in [4.78, 5) is 2.46. The summed E-state index contributed by atoms with van der Waals surface area (Å²) in [6.45, 7) is 5.84. The summed E-state index contributed by atoms with van der Waals surface area (Å²) in [5, 5.41) is 5.26. The van der Waals surface area contributed by atoms with E-state index < -0.39 is 0 Å². The lowest BCUT2D eigenvalue weighted by Gasteiger charge is -2.38. The van der Waals surface area contributed by atoms with Gasteiger partial charge in [-0.15, -0.1) is 0 Å². The van der Waals surface area contributed by atoms with Gasteiger partial charge in [-0.1, -0.05) is 6.07 Å². The third-order valence-corrected chi connectivity index (χ3v) is 4.17. The lowest BCUT2D eigenvalue weighted by Crippen LogP contribution is -2.53. The van der Waals surface area contributed by atoms with Crippen LogP contribution in [0.4, 0.5) is 5.69 Å². The number of rotatable bonds is 3. The second kappa shape index (κ2) is 6.51. The predicted molar refractivity (Wildman–Crippen MR) is 82.9 cm³/mol. The molecule has 2 aliphatic rings. The molecule has 6 heteroatoms. The smallest absolute Gasteiger partial charge is 0.185 e. The van der Waals surface area contributed by atoms with E-state index in [1.54, 1.807) is 7.11 Å². The minimum Gasteiger partial charge on any atom is -0.493 e. The molecular formula is C15H24N4O2. The Morgan fingerprint density at radius 1 is 1.38 bits per heavy atom. The fourth-order valence-electron chi connectivity index (χ4n) is 2.99. The van der Waals surface area contributed by atoms with Crippen molar-refractivity contribution in [1.82, 2.24) is 10.2 Å². The zero-order valence-corrected chi connectivity index (χ0v) is 12.5. The van der Waals surface area contributed by atoms with Gasteiger partial charge < -0.3 is 14.8 Å². The Morgan fingerprint density at radius 2 is 2.29 bits per heavy atom. The maximum absolute atomic E-state index is 6.33. The van der Waals surface area contributed by atoms with Gasteiger partial charge in [0.2, 0.25) is 0 Å². The molecule has 2 aliphatic heterocycles. The Morgan fingerprint density at radius 3 is 3.14 bits per heavy atom. The maximum Gasteiger partial charge on any atom is 0.185 e. The molecule has 2 heterocycles. The lowest BCUT2D eigenvalue weighted by molar-refractivity contribution is 0.197. The van der Waals surface area contributed by atoms with Crippen molar-refractivity contribution in [2.24, 2.45) is 5.84 Å². The van der Waals surface area contributed by atoms with Gasteiger partial charge in [-0.2, -0.15) is 0 Å². The molecule has 0 spiro atoms. The molecule has 116 valence electrons. The van der Waals surface area contributed by atoms with Gasteiger partial charge in [-0.05, 0) is 31.6 Å². The van der Waals surface area contributed by atoms with Gasteiger partial charge in [0.1, 0.15) is 6.61 Å². The average molecular weight is 292 g/mol. The quantitative estimate of drug-likeness (QED) is 0.788. The first-order valence-corrected chi connectivity index (χ1v) is 7.56. The van der Waals surface area contributed by atoms with Crippen LogP contribution in [0.15, 0.2) is 18.2 Å². The van der Waals surface area contributed by atoms with Crippen molar-refractivity contribution < 1.29 is 9.47 Å². The molecule has 0 aliphatic carbocycles. The van der Waals surface area contributed by atoms with Crippen LogP contribution in [-0.4, -0.2) is 57.4 Å². The molecule has 1 unspecified atom stereocenters. The number of nitrogens with two attached hydrogens (primary N) is 1. The van der Waals surface area contributed by atoms with E-state index in [0.29, 0.717) is 6.61 Å². The van der Waals surface area contributed by atoms with Gasteiger partial charge in [-0.3, -0.25) is 9.91 Å². The molecule has 1 fully saturated rings. The number of fused-ring (bicyclic) bond motifs is 1. The van der Waals surface area contributed by atoms with Crippen molar-refractivity contribution in [3.05, 3.63) is 18.2 Å². The molecule has 1 atom stereocenters. The summed E-state index contributed by atoms with van der Waals surface area (Å²) in [5.74, 6) is 7.81. The summed E-state index contributed by atoms with van der Waals surface area (Å²) in [6.07, 6.45) is 1.18. The number of nitrogens with zero attached hydrogens (tertiary/aromatic N) is 2. The van der Waals surface area contributed by atoms with Gasteiger partial charge >= 0.3 is 0 Å². The number of para-hydroxylation sites is 1. The fraction of sp³-hybridized carbons (Fsp3) is 0.600. The second-order valence-electron chi connectivity index (χ2n) is 5.58. The first-order valence-electron chi connectivity index (χ1n) is 7.56. The highest BCUT2D eigenvalue weighted by molar-refractivity contribution is 5.65. The fourth-order valence-corrected chi connectivity index (χ4v) is 2.99. The van der Waals surface area contributed by atoms with Crippen molar-refractivity contribution >= 4 is 5.69 Å². The topological polar surface area (TPSA) is 63.0 Å². The monoisotopic (exact) mass is 292 g/mol. The largest absolute Gasteiger partial charge is 0.493 e. The van der Waals surface area contributed by atoms with E-state index in [2.05, 4.69) is 10.2 Å². The van der Waals surface area contributed by atoms with Gasteiger partial charge in [0.15, 0.2) is 11.5 Å². The summed E-state index contributed by atoms with van der Waals surface area (Å²) in [6, 6.07) is 5.99. The molecule has 3 N–H and O–H groups in total. The van der Waals surface area contributed by atoms with Gasteiger partial charge in [-0.25, -0.2) is 5.84 Å². The van der Waals surface area contributed by atoms with Crippen molar-refractivity contribution in [3.8, 4) is 11.5 Å². The highest BCUT2D eigenvalue weighted by atomic mass is 16.5. The van der Waals surface area contributed by atoms with Crippen LogP contribution in [0.25, 0.3) is 0 Å². The predicted octanol–water partition coefficient (Wildman–Crippen LogP) is 0.432. The van der Waals surface area contributed by atoms with Crippen LogP contribution in [0.1, 0.15) is 6.42 Å². The summed E-state index contributed by atoms with van der Waals surface area (Å²) in [7, 11) is 1.65. The van der Waals surface area contributed by atoms with Crippen LogP contribution >= 0.6 is 0 Å². The second-order valence-corrected chi connectivity index (χ2v) is 5.58. The highest BCUT2D eigenvalue weighted by Crippen LogP contribution is 2.39. The van der Waals surface area contributed by atoms with Gasteiger partial charge in [0.05, 0.1) is 18.8 Å². The maximum atomic E-state index is 6.33. The van der Waals surface area contributed by atoms with E-state index in [1.165, 1.54) is 6.42 Å². The average Bonchev–Trinajstić information content (AvgIpc) is 2.78. The third-order valence-electron chi connectivity index (χ3n) is 4.17. The van der Waals surface area contributed by atoms with E-state index in [-0.39, 0.29) is 6.04 Å². The van der Waals surface area contributed by atoms with Crippen molar-refractivity contribution in [3.63, 3.8) is 0 Å². The molecule has 0 aromatic heterocycles. The van der Waals surface area contributed by atoms with Gasteiger partial charge in [0, 0.05) is 19.6 Å². The summed E-state index contributed by atoms with van der Waals surface area (Å²) < 4.78 is 11.2. The minimum atomic E-state index is 0.169. The minimum absolute atomic E-state index is 0.169. The van der Waals surface area contributed by atoms with Crippen LogP contribution in [0, 0.1) is 0 Å². The standard InChI is InChI=1S/C15H24N4O2/c1-20-14-5-2-4-13-15(14)21-11-12(19(13)16)10-18-8-3-6-17-7-9-18/h2,4-5,12,17H,3,6-11,16H2,1H3.